The van der Waals surface area contributed by atoms with Gasteiger partial charge < -0.3 is 15.0 Å². The number of benzene rings is 1. The van der Waals surface area contributed by atoms with Crippen molar-refractivity contribution in [1.82, 2.24) is 15.3 Å². The van der Waals surface area contributed by atoms with Crippen molar-refractivity contribution in [1.29, 1.82) is 0 Å². The first kappa shape index (κ1) is 20.5. The Labute approximate surface area is 180 Å². The van der Waals surface area contributed by atoms with Crippen LogP contribution in [0.3, 0.4) is 0 Å². The molecule has 156 valence electrons. The molecule has 1 aromatic carbocycles. The fourth-order valence-corrected chi connectivity index (χ4v) is 4.22. The monoisotopic (exact) mass is 422 g/mol. The highest BCUT2D eigenvalue weighted by Crippen LogP contribution is 2.26. The molecular weight excluding hydrogens is 396 g/mol. The second kappa shape index (κ2) is 9.82. The van der Waals surface area contributed by atoms with Crippen LogP contribution >= 0.6 is 11.3 Å². The number of morpholine rings is 1. The first-order valence-corrected chi connectivity index (χ1v) is 11.2. The molecule has 4 rings (SSSR count). The maximum absolute atomic E-state index is 12.6. The third-order valence-electron chi connectivity index (χ3n) is 5.15. The highest BCUT2D eigenvalue weighted by Gasteiger charge is 2.16. The number of carbonyl (C=O) groups is 1. The highest BCUT2D eigenvalue weighted by molar-refractivity contribution is 7.13. The lowest BCUT2D eigenvalue weighted by atomic mass is 10.1. The minimum absolute atomic E-state index is 0.0803. The number of carbonyl (C=O) groups excluding carboxylic acids is 1. The summed E-state index contributed by atoms with van der Waals surface area (Å²) >= 11 is 1.48. The van der Waals surface area contributed by atoms with Gasteiger partial charge in [0.2, 0.25) is 0 Å². The molecule has 0 saturated carbocycles. The fraction of sp³-hybridized carbons (Fsp3) is 0.348. The van der Waals surface area contributed by atoms with E-state index in [9.17, 15) is 4.79 Å². The normalized spacial score (nSPS) is 15.0. The largest absolute Gasteiger partial charge is 0.378 e. The van der Waals surface area contributed by atoms with Gasteiger partial charge in [-0.1, -0.05) is 30.3 Å². The molecule has 0 aliphatic carbocycles. The molecule has 1 aliphatic heterocycles. The lowest BCUT2D eigenvalue weighted by molar-refractivity contribution is 0.0934. The molecule has 0 radical (unpaired) electrons. The lowest BCUT2D eigenvalue weighted by Gasteiger charge is -2.27. The topological polar surface area (TPSA) is 67.4 Å². The fourth-order valence-electron chi connectivity index (χ4n) is 3.43. The van der Waals surface area contributed by atoms with Crippen molar-refractivity contribution in [2.75, 3.05) is 31.2 Å². The molecule has 1 fully saturated rings. The number of pyridine rings is 1. The molecule has 3 aromatic rings. The van der Waals surface area contributed by atoms with E-state index in [-0.39, 0.29) is 11.9 Å². The summed E-state index contributed by atoms with van der Waals surface area (Å²) in [4.78, 5) is 23.9. The standard InChI is InChI=1S/C23H26N4O2S/c1-17(7-8-18-5-3-2-4-6-18)25-22(28)20-16-30-23(26-20)19-9-10-24-21(15-19)27-11-13-29-14-12-27/h2-6,9-10,15-17H,7-8,11-14H2,1H3,(H,25,28)/t17-/m1/s1. The Bertz CT molecular complexity index is 970. The number of nitrogens with one attached hydrogen (secondary N) is 1. The van der Waals surface area contributed by atoms with Crippen LogP contribution in [-0.4, -0.2) is 48.2 Å². The van der Waals surface area contributed by atoms with Crippen LogP contribution in [0.15, 0.2) is 54.0 Å². The van der Waals surface area contributed by atoms with E-state index >= 15 is 0 Å². The van der Waals surface area contributed by atoms with Crippen LogP contribution in [0.25, 0.3) is 10.6 Å². The summed E-state index contributed by atoms with van der Waals surface area (Å²) in [7, 11) is 0. The van der Waals surface area contributed by atoms with Crippen LogP contribution in [0.1, 0.15) is 29.4 Å². The van der Waals surface area contributed by atoms with Crippen LogP contribution in [-0.2, 0) is 11.2 Å². The minimum Gasteiger partial charge on any atom is -0.378 e. The molecule has 30 heavy (non-hydrogen) atoms. The second-order valence-corrected chi connectivity index (χ2v) is 8.30. The van der Waals surface area contributed by atoms with Crippen molar-refractivity contribution < 1.29 is 9.53 Å². The summed E-state index contributed by atoms with van der Waals surface area (Å²) in [5.41, 5.74) is 2.72. The summed E-state index contributed by atoms with van der Waals surface area (Å²) in [6.07, 6.45) is 3.62. The van der Waals surface area contributed by atoms with Gasteiger partial charge in [-0.2, -0.15) is 0 Å². The number of thiazole rings is 1. The van der Waals surface area contributed by atoms with E-state index in [0.29, 0.717) is 5.69 Å². The Morgan fingerprint density at radius 3 is 2.83 bits per heavy atom. The SMILES string of the molecule is C[C@H](CCc1ccccc1)NC(=O)c1csc(-c2ccnc(N3CCOCC3)c2)n1. The van der Waals surface area contributed by atoms with Gasteiger partial charge >= 0.3 is 0 Å². The van der Waals surface area contributed by atoms with Crippen molar-refractivity contribution in [3.8, 4) is 10.6 Å². The molecule has 1 N–H and O–H groups in total. The van der Waals surface area contributed by atoms with Crippen molar-refractivity contribution in [3.63, 3.8) is 0 Å². The van der Waals surface area contributed by atoms with Crippen LogP contribution in [0.5, 0.6) is 0 Å². The first-order chi connectivity index (χ1) is 14.7. The molecule has 6 nitrogen and oxygen atoms in total. The molecule has 2 aromatic heterocycles. The van der Waals surface area contributed by atoms with E-state index in [1.54, 1.807) is 6.20 Å². The lowest BCUT2D eigenvalue weighted by Crippen LogP contribution is -2.36. The van der Waals surface area contributed by atoms with E-state index < -0.39 is 0 Å². The summed E-state index contributed by atoms with van der Waals surface area (Å²) in [5, 5.41) is 5.72. The van der Waals surface area contributed by atoms with Gasteiger partial charge in [-0.15, -0.1) is 11.3 Å². The molecule has 0 spiro atoms. The van der Waals surface area contributed by atoms with Gasteiger partial charge in [0.05, 0.1) is 13.2 Å². The first-order valence-electron chi connectivity index (χ1n) is 10.3. The van der Waals surface area contributed by atoms with Crippen molar-refractivity contribution in [2.45, 2.75) is 25.8 Å². The maximum atomic E-state index is 12.6. The molecule has 3 heterocycles. The number of amides is 1. The quantitative estimate of drug-likeness (QED) is 0.627. The van der Waals surface area contributed by atoms with Crippen molar-refractivity contribution in [3.05, 3.63) is 65.3 Å². The number of aryl methyl sites for hydroxylation is 1. The third kappa shape index (κ3) is 5.23. The number of hydrogen-bond acceptors (Lipinski definition) is 6. The highest BCUT2D eigenvalue weighted by atomic mass is 32.1. The zero-order valence-electron chi connectivity index (χ0n) is 17.1. The van der Waals surface area contributed by atoms with Gasteiger partial charge in [-0.3, -0.25) is 4.79 Å². The van der Waals surface area contributed by atoms with Gasteiger partial charge in [-0.25, -0.2) is 9.97 Å². The Morgan fingerprint density at radius 1 is 1.23 bits per heavy atom. The van der Waals surface area contributed by atoms with Crippen LogP contribution in [0.2, 0.25) is 0 Å². The Morgan fingerprint density at radius 2 is 2.03 bits per heavy atom. The predicted octanol–water partition coefficient (Wildman–Crippen LogP) is 3.79. The zero-order valence-corrected chi connectivity index (χ0v) is 17.9. The van der Waals surface area contributed by atoms with E-state index in [1.165, 1.54) is 16.9 Å². The summed E-state index contributed by atoms with van der Waals surface area (Å²) in [6.45, 7) is 5.14. The Hall–Kier alpha value is -2.77. The molecular formula is C23H26N4O2S. The number of ether oxygens (including phenoxy) is 1. The van der Waals surface area contributed by atoms with E-state index in [1.807, 2.05) is 42.6 Å². The van der Waals surface area contributed by atoms with Gasteiger partial charge in [0, 0.05) is 36.3 Å². The summed E-state index contributed by atoms with van der Waals surface area (Å²) in [6, 6.07) is 14.4. The number of aromatic nitrogens is 2. The number of hydrogen-bond donors (Lipinski definition) is 1. The average molecular weight is 423 g/mol. The number of rotatable bonds is 7. The summed E-state index contributed by atoms with van der Waals surface area (Å²) in [5.74, 6) is 0.798. The molecule has 7 heteroatoms. The predicted molar refractivity (Wildman–Crippen MR) is 120 cm³/mol. The van der Waals surface area contributed by atoms with E-state index in [0.717, 1.165) is 55.5 Å². The van der Waals surface area contributed by atoms with Gasteiger partial charge in [0.25, 0.3) is 5.91 Å². The van der Waals surface area contributed by atoms with Crippen molar-refractivity contribution >= 4 is 23.1 Å². The van der Waals surface area contributed by atoms with E-state index in [4.69, 9.17) is 4.74 Å². The number of nitrogens with zero attached hydrogens (tertiary/aromatic N) is 3. The molecule has 1 aliphatic rings. The Kier molecular flexibility index (Phi) is 6.71. The smallest absolute Gasteiger partial charge is 0.270 e. The van der Waals surface area contributed by atoms with E-state index in [2.05, 4.69) is 32.3 Å². The van der Waals surface area contributed by atoms with Gasteiger partial charge in [0.15, 0.2) is 0 Å². The maximum Gasteiger partial charge on any atom is 0.270 e. The second-order valence-electron chi connectivity index (χ2n) is 7.44. The summed E-state index contributed by atoms with van der Waals surface area (Å²) < 4.78 is 5.42. The van der Waals surface area contributed by atoms with Gasteiger partial charge in [0.1, 0.15) is 16.5 Å². The third-order valence-corrected chi connectivity index (χ3v) is 6.04. The minimum atomic E-state index is -0.125. The zero-order chi connectivity index (χ0) is 20.8. The van der Waals surface area contributed by atoms with Crippen LogP contribution in [0, 0.1) is 0 Å². The number of anilines is 1. The Balaban J connectivity index is 1.37. The average Bonchev–Trinajstić information content (AvgIpc) is 3.30. The molecule has 1 atom stereocenters. The molecule has 1 saturated heterocycles. The van der Waals surface area contributed by atoms with Crippen molar-refractivity contribution in [2.24, 2.45) is 0 Å². The van der Waals surface area contributed by atoms with Crippen LogP contribution < -0.4 is 10.2 Å². The van der Waals surface area contributed by atoms with Gasteiger partial charge in [-0.05, 0) is 37.5 Å². The molecule has 0 bridgehead atoms. The molecule has 0 unspecified atom stereocenters. The van der Waals surface area contributed by atoms with Crippen LogP contribution in [0.4, 0.5) is 5.82 Å². The molecule has 1 amide bonds.